The number of hydrogen-bond acceptors (Lipinski definition) is 5. The van der Waals surface area contributed by atoms with Crippen LogP contribution in [0.25, 0.3) is 11.3 Å². The largest absolute Gasteiger partial charge is 0.395 e. The zero-order valence-electron chi connectivity index (χ0n) is 14.9. The van der Waals surface area contributed by atoms with E-state index in [1.54, 1.807) is 18.3 Å². The normalized spacial score (nSPS) is 24.9. The smallest absolute Gasteiger partial charge is 0.230 e. The van der Waals surface area contributed by atoms with Crippen LogP contribution in [0.15, 0.2) is 30.5 Å². The van der Waals surface area contributed by atoms with Crippen LogP contribution < -0.4 is 5.32 Å². The highest BCUT2D eigenvalue weighted by Gasteiger charge is 2.55. The SMILES string of the molecule is O=C(NCCO)[C@]12COC[C@H]1CN(Cc1cn[nH]c1-c1ccc(F)cc1)C2. The van der Waals surface area contributed by atoms with Crippen LogP contribution in [0.2, 0.25) is 0 Å². The van der Waals surface area contributed by atoms with Gasteiger partial charge in [0.1, 0.15) is 5.82 Å². The molecule has 4 rings (SSSR count). The summed E-state index contributed by atoms with van der Waals surface area (Å²) in [6.07, 6.45) is 1.78. The number of aromatic amines is 1. The highest BCUT2D eigenvalue weighted by molar-refractivity contribution is 5.84. The number of aliphatic hydroxyl groups excluding tert-OH is 1. The highest BCUT2D eigenvalue weighted by Crippen LogP contribution is 2.42. The molecule has 0 spiro atoms. The number of carbonyl (C=O) groups is 1. The van der Waals surface area contributed by atoms with Crippen molar-refractivity contribution in [3.8, 4) is 11.3 Å². The number of likely N-dealkylation sites (tertiary alicyclic amines) is 1. The summed E-state index contributed by atoms with van der Waals surface area (Å²) in [4.78, 5) is 14.9. The molecule has 1 amide bonds. The van der Waals surface area contributed by atoms with Crippen LogP contribution in [-0.2, 0) is 16.1 Å². The number of nitrogens with zero attached hydrogens (tertiary/aromatic N) is 2. The number of rotatable bonds is 6. The summed E-state index contributed by atoms with van der Waals surface area (Å²) in [5, 5.41) is 18.9. The summed E-state index contributed by atoms with van der Waals surface area (Å²) in [5.74, 6) is -0.187. The number of ether oxygens (including phenoxy) is 1. The number of benzene rings is 1. The summed E-state index contributed by atoms with van der Waals surface area (Å²) in [6, 6.07) is 6.31. The van der Waals surface area contributed by atoms with Gasteiger partial charge in [-0.3, -0.25) is 14.8 Å². The Morgan fingerprint density at radius 1 is 1.44 bits per heavy atom. The Bertz CT molecular complexity index is 810. The molecule has 2 fully saturated rings. The second kappa shape index (κ2) is 7.38. The van der Waals surface area contributed by atoms with E-state index >= 15 is 0 Å². The minimum atomic E-state index is -0.561. The van der Waals surface area contributed by atoms with Crippen LogP contribution in [0.1, 0.15) is 5.56 Å². The number of halogens is 1. The molecule has 7 nitrogen and oxygen atoms in total. The maximum Gasteiger partial charge on any atom is 0.230 e. The van der Waals surface area contributed by atoms with Crippen molar-refractivity contribution < 1.29 is 19.0 Å². The minimum Gasteiger partial charge on any atom is -0.395 e. The van der Waals surface area contributed by atoms with Crippen molar-refractivity contribution in [2.75, 3.05) is 39.5 Å². The lowest BCUT2D eigenvalue weighted by molar-refractivity contribution is -0.131. The molecule has 27 heavy (non-hydrogen) atoms. The number of amides is 1. The van der Waals surface area contributed by atoms with Crippen LogP contribution in [-0.4, -0.2) is 65.6 Å². The van der Waals surface area contributed by atoms with Crippen LogP contribution in [0.4, 0.5) is 4.39 Å². The zero-order valence-corrected chi connectivity index (χ0v) is 14.9. The third-order valence-corrected chi connectivity index (χ3v) is 5.54. The molecule has 0 radical (unpaired) electrons. The molecule has 2 saturated heterocycles. The van der Waals surface area contributed by atoms with Crippen LogP contribution in [0.5, 0.6) is 0 Å². The van der Waals surface area contributed by atoms with Crippen LogP contribution in [0, 0.1) is 17.2 Å². The predicted molar refractivity (Wildman–Crippen MR) is 96.1 cm³/mol. The second-order valence-electron chi connectivity index (χ2n) is 7.29. The average Bonchev–Trinajstić information content (AvgIpc) is 3.35. The molecule has 1 aromatic carbocycles. The molecule has 2 aliphatic heterocycles. The van der Waals surface area contributed by atoms with Gasteiger partial charge in [0.25, 0.3) is 0 Å². The van der Waals surface area contributed by atoms with Gasteiger partial charge < -0.3 is 15.2 Å². The standard InChI is InChI=1S/C19H23FN4O3/c20-16-3-1-13(2-4-16)17-14(7-22-23-17)8-24-9-15-10-27-12-19(15,11-24)18(26)21-5-6-25/h1-4,7,15,25H,5-6,8-12H2,(H,21,26)(H,22,23)/t15-,19-/m1/s1. The van der Waals surface area contributed by atoms with Gasteiger partial charge in [-0.2, -0.15) is 5.10 Å². The van der Waals surface area contributed by atoms with Crippen LogP contribution in [0.3, 0.4) is 0 Å². The highest BCUT2D eigenvalue weighted by atomic mass is 19.1. The second-order valence-corrected chi connectivity index (χ2v) is 7.29. The molecule has 144 valence electrons. The molecular formula is C19H23FN4O3. The number of aromatic nitrogens is 2. The van der Waals surface area contributed by atoms with Crippen LogP contribution >= 0.6 is 0 Å². The topological polar surface area (TPSA) is 90.5 Å². The van der Waals surface area contributed by atoms with E-state index in [1.807, 2.05) is 0 Å². The Kier molecular flexibility index (Phi) is 4.94. The quantitative estimate of drug-likeness (QED) is 0.695. The van der Waals surface area contributed by atoms with Gasteiger partial charge in [-0.15, -0.1) is 0 Å². The van der Waals surface area contributed by atoms with Gasteiger partial charge >= 0.3 is 0 Å². The number of nitrogens with one attached hydrogen (secondary N) is 2. The van der Waals surface area contributed by atoms with Crippen molar-refractivity contribution in [3.63, 3.8) is 0 Å². The molecule has 8 heteroatoms. The van der Waals surface area contributed by atoms with Gasteiger partial charge in [0.15, 0.2) is 0 Å². The lowest BCUT2D eigenvalue weighted by Gasteiger charge is -2.26. The summed E-state index contributed by atoms with van der Waals surface area (Å²) < 4.78 is 18.8. The number of aliphatic hydroxyl groups is 1. The maximum atomic E-state index is 13.2. The lowest BCUT2D eigenvalue weighted by atomic mass is 9.80. The third-order valence-electron chi connectivity index (χ3n) is 5.54. The maximum absolute atomic E-state index is 13.2. The molecule has 2 atom stereocenters. The fourth-order valence-corrected chi connectivity index (χ4v) is 4.17. The fourth-order valence-electron chi connectivity index (χ4n) is 4.17. The minimum absolute atomic E-state index is 0.0486. The third kappa shape index (κ3) is 3.36. The van der Waals surface area contributed by atoms with Gasteiger partial charge in [0.2, 0.25) is 5.91 Å². The first-order valence-corrected chi connectivity index (χ1v) is 9.10. The Morgan fingerprint density at radius 3 is 3.04 bits per heavy atom. The molecule has 1 aromatic heterocycles. The molecule has 0 aliphatic carbocycles. The Morgan fingerprint density at radius 2 is 2.26 bits per heavy atom. The first kappa shape index (κ1) is 18.1. The Hall–Kier alpha value is -2.29. The van der Waals surface area contributed by atoms with E-state index in [0.29, 0.717) is 26.3 Å². The number of fused-ring (bicyclic) bond motifs is 1. The summed E-state index contributed by atoms with van der Waals surface area (Å²) >= 11 is 0. The fraction of sp³-hybridized carbons (Fsp3) is 0.474. The average molecular weight is 374 g/mol. The number of hydrogen-bond donors (Lipinski definition) is 3. The molecule has 2 aromatic rings. The number of carbonyl (C=O) groups excluding carboxylic acids is 1. The molecule has 3 heterocycles. The summed E-state index contributed by atoms with van der Waals surface area (Å²) in [6.45, 7) is 3.16. The zero-order chi connectivity index (χ0) is 18.9. The van der Waals surface area contributed by atoms with Gasteiger partial charge in [0.05, 0.1) is 37.1 Å². The van der Waals surface area contributed by atoms with E-state index in [2.05, 4.69) is 20.4 Å². The molecular weight excluding hydrogens is 351 g/mol. The van der Waals surface area contributed by atoms with E-state index < -0.39 is 5.41 Å². The van der Waals surface area contributed by atoms with Gasteiger partial charge in [0, 0.05) is 43.2 Å². The van der Waals surface area contributed by atoms with E-state index in [1.165, 1.54) is 12.1 Å². The van der Waals surface area contributed by atoms with Crippen molar-refractivity contribution in [2.24, 2.45) is 11.3 Å². The summed E-state index contributed by atoms with van der Waals surface area (Å²) in [5.41, 5.74) is 2.19. The Balaban J connectivity index is 1.50. The molecule has 0 unspecified atom stereocenters. The Labute approximate surface area is 156 Å². The monoisotopic (exact) mass is 374 g/mol. The van der Waals surface area contributed by atoms with Crippen molar-refractivity contribution >= 4 is 5.91 Å². The van der Waals surface area contributed by atoms with Gasteiger partial charge in [-0.25, -0.2) is 4.39 Å². The van der Waals surface area contributed by atoms with E-state index in [-0.39, 0.29) is 30.8 Å². The molecule has 0 bridgehead atoms. The first-order valence-electron chi connectivity index (χ1n) is 9.10. The molecule has 2 aliphatic rings. The lowest BCUT2D eigenvalue weighted by Crippen LogP contribution is -2.47. The molecule has 3 N–H and O–H groups in total. The van der Waals surface area contributed by atoms with E-state index in [0.717, 1.165) is 23.4 Å². The van der Waals surface area contributed by atoms with E-state index in [9.17, 15) is 9.18 Å². The summed E-state index contributed by atoms with van der Waals surface area (Å²) in [7, 11) is 0. The van der Waals surface area contributed by atoms with E-state index in [4.69, 9.17) is 9.84 Å². The van der Waals surface area contributed by atoms with Crippen molar-refractivity contribution in [1.82, 2.24) is 20.4 Å². The molecule has 0 saturated carbocycles. The predicted octanol–water partition coefficient (Wildman–Crippen LogP) is 0.773. The first-order chi connectivity index (χ1) is 13.1. The van der Waals surface area contributed by atoms with Crippen molar-refractivity contribution in [2.45, 2.75) is 6.54 Å². The van der Waals surface area contributed by atoms with Crippen molar-refractivity contribution in [1.29, 1.82) is 0 Å². The van der Waals surface area contributed by atoms with Gasteiger partial charge in [-0.1, -0.05) is 0 Å². The number of H-pyrrole nitrogens is 1. The van der Waals surface area contributed by atoms with Crippen molar-refractivity contribution in [3.05, 3.63) is 41.8 Å². The van der Waals surface area contributed by atoms with Gasteiger partial charge in [-0.05, 0) is 24.3 Å².